The maximum absolute atomic E-state index is 12.7. The molecule has 0 bridgehead atoms. The van der Waals surface area contributed by atoms with Crippen LogP contribution in [0.25, 0.3) is 23.1 Å². The first kappa shape index (κ1) is 15.4. The van der Waals surface area contributed by atoms with E-state index in [9.17, 15) is 4.79 Å². The fraction of sp³-hybridized carbons (Fsp3) is 0.167. The number of thiophene rings is 1. The number of methoxy groups -OCH3 is 2. The fourth-order valence-corrected chi connectivity index (χ4v) is 2.96. The molecule has 5 heteroatoms. The standard InChI is InChI=1S/C18H16O4S/c1-11-14(7-6-13-5-4-8-23-13)22-16-10-12(20-2)9-15(21-3)17(16)18(11)19/h4-10H,1-3H3/b7-6+. The minimum atomic E-state index is -0.100. The number of benzene rings is 1. The van der Waals surface area contributed by atoms with Gasteiger partial charge in [-0.25, -0.2) is 0 Å². The Morgan fingerprint density at radius 1 is 1.17 bits per heavy atom. The van der Waals surface area contributed by atoms with Gasteiger partial charge in [-0.3, -0.25) is 4.79 Å². The summed E-state index contributed by atoms with van der Waals surface area (Å²) in [5.41, 5.74) is 0.896. The van der Waals surface area contributed by atoms with E-state index in [-0.39, 0.29) is 5.43 Å². The van der Waals surface area contributed by atoms with Gasteiger partial charge in [-0.15, -0.1) is 11.3 Å². The molecule has 0 radical (unpaired) electrons. The van der Waals surface area contributed by atoms with E-state index >= 15 is 0 Å². The number of hydrogen-bond acceptors (Lipinski definition) is 5. The molecule has 2 aromatic heterocycles. The van der Waals surface area contributed by atoms with Crippen molar-refractivity contribution in [3.8, 4) is 11.5 Å². The molecule has 3 rings (SSSR count). The molecule has 0 aliphatic carbocycles. The zero-order valence-electron chi connectivity index (χ0n) is 13.1. The molecule has 0 saturated carbocycles. The maximum Gasteiger partial charge on any atom is 0.199 e. The van der Waals surface area contributed by atoms with Crippen LogP contribution in [-0.2, 0) is 0 Å². The van der Waals surface area contributed by atoms with Gasteiger partial charge in [-0.2, -0.15) is 0 Å². The average molecular weight is 328 g/mol. The third-order valence-corrected chi connectivity index (χ3v) is 4.43. The number of rotatable bonds is 4. The first-order valence-corrected chi connectivity index (χ1v) is 7.93. The minimum Gasteiger partial charge on any atom is -0.496 e. The summed E-state index contributed by atoms with van der Waals surface area (Å²) in [5.74, 6) is 1.56. The lowest BCUT2D eigenvalue weighted by molar-refractivity contribution is 0.396. The molecule has 0 saturated heterocycles. The Bertz CT molecular complexity index is 920. The number of hydrogen-bond donors (Lipinski definition) is 0. The predicted octanol–water partition coefficient (Wildman–Crippen LogP) is 4.35. The molecule has 4 nitrogen and oxygen atoms in total. The van der Waals surface area contributed by atoms with Crippen LogP contribution in [0.15, 0.2) is 38.9 Å². The Balaban J connectivity index is 2.21. The maximum atomic E-state index is 12.7. The van der Waals surface area contributed by atoms with Crippen molar-refractivity contribution in [1.29, 1.82) is 0 Å². The van der Waals surface area contributed by atoms with Crippen molar-refractivity contribution in [2.45, 2.75) is 6.92 Å². The normalized spacial score (nSPS) is 11.3. The highest BCUT2D eigenvalue weighted by atomic mass is 32.1. The molecule has 2 heterocycles. The van der Waals surface area contributed by atoms with E-state index in [2.05, 4.69) is 0 Å². The van der Waals surface area contributed by atoms with Crippen LogP contribution in [-0.4, -0.2) is 14.2 Å². The second kappa shape index (κ2) is 6.30. The minimum absolute atomic E-state index is 0.100. The summed E-state index contributed by atoms with van der Waals surface area (Å²) >= 11 is 1.62. The molecule has 23 heavy (non-hydrogen) atoms. The van der Waals surface area contributed by atoms with Crippen LogP contribution in [0.2, 0.25) is 0 Å². The van der Waals surface area contributed by atoms with Crippen LogP contribution in [0.1, 0.15) is 16.2 Å². The lowest BCUT2D eigenvalue weighted by Crippen LogP contribution is -2.09. The Morgan fingerprint density at radius 2 is 2.00 bits per heavy atom. The smallest absolute Gasteiger partial charge is 0.199 e. The summed E-state index contributed by atoms with van der Waals surface area (Å²) in [4.78, 5) is 13.8. The second-order valence-electron chi connectivity index (χ2n) is 4.97. The largest absolute Gasteiger partial charge is 0.496 e. The summed E-state index contributed by atoms with van der Waals surface area (Å²) in [5, 5.41) is 2.43. The van der Waals surface area contributed by atoms with Gasteiger partial charge in [0.2, 0.25) is 0 Å². The molecule has 1 aromatic carbocycles. The summed E-state index contributed by atoms with van der Waals surface area (Å²) in [6.07, 6.45) is 3.74. The molecule has 0 amide bonds. The fourth-order valence-electron chi connectivity index (χ4n) is 2.35. The van der Waals surface area contributed by atoms with Crippen molar-refractivity contribution in [2.75, 3.05) is 14.2 Å². The highest BCUT2D eigenvalue weighted by molar-refractivity contribution is 7.10. The van der Waals surface area contributed by atoms with Gasteiger partial charge in [-0.05, 0) is 30.5 Å². The van der Waals surface area contributed by atoms with Crippen LogP contribution in [0.5, 0.6) is 11.5 Å². The molecule has 118 valence electrons. The lowest BCUT2D eigenvalue weighted by atomic mass is 10.1. The monoisotopic (exact) mass is 328 g/mol. The van der Waals surface area contributed by atoms with E-state index < -0.39 is 0 Å². The van der Waals surface area contributed by atoms with Gasteiger partial charge in [0.05, 0.1) is 14.2 Å². The first-order valence-electron chi connectivity index (χ1n) is 7.05. The molecular formula is C18H16O4S. The Hall–Kier alpha value is -2.53. The average Bonchev–Trinajstić information content (AvgIpc) is 3.09. The highest BCUT2D eigenvalue weighted by Crippen LogP contribution is 2.30. The van der Waals surface area contributed by atoms with E-state index in [4.69, 9.17) is 13.9 Å². The highest BCUT2D eigenvalue weighted by Gasteiger charge is 2.15. The Kier molecular flexibility index (Phi) is 4.21. The van der Waals surface area contributed by atoms with Gasteiger partial charge >= 0.3 is 0 Å². The summed E-state index contributed by atoms with van der Waals surface area (Å²) in [6.45, 7) is 1.75. The summed E-state index contributed by atoms with van der Waals surface area (Å²) < 4.78 is 16.5. The van der Waals surface area contributed by atoms with Crippen LogP contribution in [0.3, 0.4) is 0 Å². The zero-order chi connectivity index (χ0) is 16.4. The van der Waals surface area contributed by atoms with Gasteiger partial charge < -0.3 is 13.9 Å². The van der Waals surface area contributed by atoms with Gasteiger partial charge in [0.25, 0.3) is 0 Å². The molecule has 0 unspecified atom stereocenters. The summed E-state index contributed by atoms with van der Waals surface area (Å²) in [6, 6.07) is 7.35. The molecule has 0 atom stereocenters. The zero-order valence-corrected chi connectivity index (χ0v) is 13.9. The quantitative estimate of drug-likeness (QED) is 0.714. The second-order valence-corrected chi connectivity index (χ2v) is 5.95. The van der Waals surface area contributed by atoms with Gasteiger partial charge in [-0.1, -0.05) is 6.07 Å². The third kappa shape index (κ3) is 2.87. The topological polar surface area (TPSA) is 48.7 Å². The van der Waals surface area contributed by atoms with Crippen molar-refractivity contribution in [2.24, 2.45) is 0 Å². The molecule has 0 aliphatic heterocycles. The van der Waals surface area contributed by atoms with Crippen molar-refractivity contribution in [3.63, 3.8) is 0 Å². The van der Waals surface area contributed by atoms with Crippen LogP contribution in [0.4, 0.5) is 0 Å². The van der Waals surface area contributed by atoms with Gasteiger partial charge in [0, 0.05) is 22.6 Å². The predicted molar refractivity (Wildman–Crippen MR) is 93.6 cm³/mol. The van der Waals surface area contributed by atoms with Gasteiger partial charge in [0.1, 0.15) is 28.2 Å². The van der Waals surface area contributed by atoms with Crippen molar-refractivity contribution in [3.05, 3.63) is 56.1 Å². The SMILES string of the molecule is COc1cc(OC)c2c(=O)c(C)c(/C=C/c3cccs3)oc2c1. The molecule has 0 N–H and O–H groups in total. The summed E-state index contributed by atoms with van der Waals surface area (Å²) in [7, 11) is 3.08. The van der Waals surface area contributed by atoms with Crippen molar-refractivity contribution >= 4 is 34.5 Å². The van der Waals surface area contributed by atoms with E-state index in [0.29, 0.717) is 33.8 Å². The Labute approximate surface area is 137 Å². The van der Waals surface area contributed by atoms with Crippen molar-refractivity contribution < 1.29 is 13.9 Å². The lowest BCUT2D eigenvalue weighted by Gasteiger charge is -2.09. The molecule has 0 fully saturated rings. The molecule has 0 spiro atoms. The molecular weight excluding hydrogens is 312 g/mol. The van der Waals surface area contributed by atoms with E-state index in [0.717, 1.165) is 4.88 Å². The van der Waals surface area contributed by atoms with E-state index in [1.165, 1.54) is 7.11 Å². The van der Waals surface area contributed by atoms with E-state index in [1.54, 1.807) is 37.5 Å². The van der Waals surface area contributed by atoms with Crippen molar-refractivity contribution in [1.82, 2.24) is 0 Å². The Morgan fingerprint density at radius 3 is 2.65 bits per heavy atom. The third-order valence-electron chi connectivity index (χ3n) is 3.59. The number of fused-ring (bicyclic) bond motifs is 1. The van der Waals surface area contributed by atoms with E-state index in [1.807, 2.05) is 29.7 Å². The number of ether oxygens (including phenoxy) is 2. The first-order chi connectivity index (χ1) is 11.1. The van der Waals surface area contributed by atoms with Crippen LogP contribution >= 0.6 is 11.3 Å². The van der Waals surface area contributed by atoms with Gasteiger partial charge in [0.15, 0.2) is 5.43 Å². The van der Waals surface area contributed by atoms with Crippen LogP contribution < -0.4 is 14.9 Å². The molecule has 3 aromatic rings. The molecule has 0 aliphatic rings. The van der Waals surface area contributed by atoms with Crippen LogP contribution in [0, 0.1) is 6.92 Å².